The van der Waals surface area contributed by atoms with E-state index < -0.39 is 12.0 Å². The van der Waals surface area contributed by atoms with Gasteiger partial charge in [-0.25, -0.2) is 0 Å². The highest BCUT2D eigenvalue weighted by atomic mass is 19.4. The summed E-state index contributed by atoms with van der Waals surface area (Å²) in [4.78, 5) is 21.9. The van der Waals surface area contributed by atoms with Crippen LogP contribution in [0, 0.1) is 0 Å². The monoisotopic (exact) mass is 316 g/mol. The molecule has 1 aromatic rings. The molecule has 0 bridgehead atoms. The van der Waals surface area contributed by atoms with E-state index in [1.807, 2.05) is 0 Å². The van der Waals surface area contributed by atoms with Crippen molar-refractivity contribution in [3.05, 3.63) is 35.4 Å². The van der Waals surface area contributed by atoms with Crippen molar-refractivity contribution < 1.29 is 27.5 Å². The number of carbonyl (C=O) groups excluding carboxylic acids is 2. The maximum atomic E-state index is 12.3. The molecule has 0 N–H and O–H groups in total. The summed E-state index contributed by atoms with van der Waals surface area (Å²) in [5, 5.41) is 0. The predicted octanol–water partition coefficient (Wildman–Crippen LogP) is 4.10. The summed E-state index contributed by atoms with van der Waals surface area (Å²) in [7, 11) is 1.36. The number of esters is 1. The van der Waals surface area contributed by atoms with Crippen molar-refractivity contribution in [2.45, 2.75) is 44.7 Å². The summed E-state index contributed by atoms with van der Waals surface area (Å²) in [5.74, 6) is -2.04. The van der Waals surface area contributed by atoms with E-state index in [1.54, 1.807) is 12.1 Å². The van der Waals surface area contributed by atoms with E-state index in [4.69, 9.17) is 0 Å². The van der Waals surface area contributed by atoms with Crippen molar-refractivity contribution in [2.75, 3.05) is 7.11 Å². The van der Waals surface area contributed by atoms with Crippen LogP contribution in [0.25, 0.3) is 0 Å². The zero-order valence-electron chi connectivity index (χ0n) is 12.4. The average Bonchev–Trinajstić information content (AvgIpc) is 2.49. The lowest BCUT2D eigenvalue weighted by Gasteiger charge is -2.06. The number of ether oxygens (including phenoxy) is 1. The fraction of sp³-hybridized carbons (Fsp3) is 0.500. The first-order valence-corrected chi connectivity index (χ1v) is 7.12. The van der Waals surface area contributed by atoms with E-state index in [9.17, 15) is 22.8 Å². The fourth-order valence-electron chi connectivity index (χ4n) is 2.04. The van der Waals surface area contributed by atoms with Crippen molar-refractivity contribution in [1.29, 1.82) is 0 Å². The number of benzene rings is 1. The Balaban J connectivity index is 2.30. The molecule has 1 aromatic carbocycles. The second-order valence-corrected chi connectivity index (χ2v) is 5.01. The van der Waals surface area contributed by atoms with Gasteiger partial charge >= 0.3 is 12.1 Å². The number of unbranched alkanes of at least 4 members (excludes halogenated alkanes) is 3. The highest BCUT2D eigenvalue weighted by Gasteiger charge is 2.39. The van der Waals surface area contributed by atoms with Crippen LogP contribution >= 0.6 is 0 Å². The summed E-state index contributed by atoms with van der Waals surface area (Å²) >= 11 is 0. The molecule has 122 valence electrons. The molecule has 0 amide bonds. The van der Waals surface area contributed by atoms with Crippen LogP contribution in [0.5, 0.6) is 0 Å². The van der Waals surface area contributed by atoms with Gasteiger partial charge in [-0.2, -0.15) is 13.2 Å². The Labute approximate surface area is 127 Å². The maximum Gasteiger partial charge on any atom is 0.454 e. The smallest absolute Gasteiger partial charge is 0.454 e. The van der Waals surface area contributed by atoms with Crippen LogP contribution in [0.15, 0.2) is 24.3 Å². The Morgan fingerprint density at radius 2 is 1.59 bits per heavy atom. The normalized spacial score (nSPS) is 11.3. The zero-order valence-corrected chi connectivity index (χ0v) is 12.4. The van der Waals surface area contributed by atoms with E-state index in [2.05, 4.69) is 4.74 Å². The van der Waals surface area contributed by atoms with Gasteiger partial charge in [0.2, 0.25) is 0 Å². The van der Waals surface area contributed by atoms with Crippen LogP contribution in [0.2, 0.25) is 0 Å². The lowest BCUT2D eigenvalue weighted by Crippen LogP contribution is -2.22. The Bertz CT molecular complexity index is 492. The van der Waals surface area contributed by atoms with E-state index in [-0.39, 0.29) is 11.5 Å². The molecule has 0 aromatic heterocycles. The molecule has 0 aliphatic heterocycles. The van der Waals surface area contributed by atoms with Crippen LogP contribution in [-0.4, -0.2) is 25.0 Å². The van der Waals surface area contributed by atoms with Crippen LogP contribution in [0.1, 0.15) is 48.0 Å². The first-order chi connectivity index (χ1) is 10.3. The van der Waals surface area contributed by atoms with E-state index in [1.165, 1.54) is 19.2 Å². The van der Waals surface area contributed by atoms with Gasteiger partial charge in [0.25, 0.3) is 5.78 Å². The first kappa shape index (κ1) is 18.2. The molecule has 0 unspecified atom stereocenters. The summed E-state index contributed by atoms with van der Waals surface area (Å²) in [6.45, 7) is 0. The summed E-state index contributed by atoms with van der Waals surface area (Å²) in [6, 6.07) is 5.52. The first-order valence-electron chi connectivity index (χ1n) is 7.12. The number of Topliss-reactive ketones (excluding diaryl/α,β-unsaturated/α-hetero) is 1. The molecule has 1 rings (SSSR count). The number of hydrogen-bond donors (Lipinski definition) is 0. The Morgan fingerprint density at radius 1 is 1.00 bits per heavy atom. The van der Waals surface area contributed by atoms with Crippen molar-refractivity contribution >= 4 is 11.8 Å². The third-order valence-corrected chi connectivity index (χ3v) is 3.30. The Morgan fingerprint density at radius 3 is 2.14 bits per heavy atom. The molecule has 6 heteroatoms. The number of ketones is 1. The third kappa shape index (κ3) is 6.28. The molecule has 0 spiro atoms. The van der Waals surface area contributed by atoms with Crippen LogP contribution in [-0.2, 0) is 16.0 Å². The minimum atomic E-state index is -4.83. The standard InChI is InChI=1S/C16H19F3O3/c1-22-14(20)7-5-3-2-4-6-12-8-10-13(11-9-12)15(21)16(17,18)19/h8-11H,2-7H2,1H3. The molecule has 0 atom stereocenters. The lowest BCUT2D eigenvalue weighted by molar-refractivity contribution is -0.140. The van der Waals surface area contributed by atoms with Crippen LogP contribution in [0.4, 0.5) is 13.2 Å². The van der Waals surface area contributed by atoms with Crippen LogP contribution in [0.3, 0.4) is 0 Å². The number of aryl methyl sites for hydroxylation is 1. The molecule has 0 aliphatic rings. The molecule has 0 radical (unpaired) electrons. The van der Waals surface area contributed by atoms with Gasteiger partial charge in [-0.15, -0.1) is 0 Å². The zero-order chi connectivity index (χ0) is 16.6. The van der Waals surface area contributed by atoms with E-state index in [0.717, 1.165) is 37.7 Å². The van der Waals surface area contributed by atoms with Crippen molar-refractivity contribution in [3.63, 3.8) is 0 Å². The SMILES string of the molecule is COC(=O)CCCCCCc1ccc(C(=O)C(F)(F)F)cc1. The molecule has 0 aliphatic carbocycles. The average molecular weight is 316 g/mol. The van der Waals surface area contributed by atoms with Gasteiger partial charge in [-0.1, -0.05) is 37.1 Å². The van der Waals surface area contributed by atoms with E-state index >= 15 is 0 Å². The fourth-order valence-corrected chi connectivity index (χ4v) is 2.04. The van der Waals surface area contributed by atoms with Gasteiger partial charge in [0.05, 0.1) is 7.11 Å². The molecule has 0 saturated carbocycles. The molecular formula is C16H19F3O3. The molecule has 0 saturated heterocycles. The maximum absolute atomic E-state index is 12.3. The van der Waals surface area contributed by atoms with Crippen molar-refractivity contribution in [2.24, 2.45) is 0 Å². The quantitative estimate of drug-likeness (QED) is 0.412. The molecule has 22 heavy (non-hydrogen) atoms. The number of alkyl halides is 3. The number of carbonyl (C=O) groups is 2. The minimum absolute atomic E-state index is 0.218. The summed E-state index contributed by atoms with van der Waals surface area (Å²) in [6.07, 6.45) is -0.204. The van der Waals surface area contributed by atoms with Crippen molar-refractivity contribution in [3.8, 4) is 0 Å². The summed E-state index contributed by atoms with van der Waals surface area (Å²) in [5.41, 5.74) is 0.557. The largest absolute Gasteiger partial charge is 0.469 e. The van der Waals surface area contributed by atoms with Gasteiger partial charge in [0.15, 0.2) is 0 Å². The number of halogens is 3. The third-order valence-electron chi connectivity index (χ3n) is 3.30. The Hall–Kier alpha value is -1.85. The predicted molar refractivity (Wildman–Crippen MR) is 75.6 cm³/mol. The highest BCUT2D eigenvalue weighted by Crippen LogP contribution is 2.22. The molecule has 0 heterocycles. The number of hydrogen-bond acceptors (Lipinski definition) is 3. The number of methoxy groups -OCH3 is 1. The van der Waals surface area contributed by atoms with E-state index in [0.29, 0.717) is 6.42 Å². The van der Waals surface area contributed by atoms with Gasteiger partial charge in [0.1, 0.15) is 0 Å². The number of rotatable bonds is 8. The highest BCUT2D eigenvalue weighted by molar-refractivity contribution is 6.00. The Kier molecular flexibility index (Phi) is 7.08. The van der Waals surface area contributed by atoms with Gasteiger partial charge in [0, 0.05) is 12.0 Å². The molecule has 0 fully saturated rings. The van der Waals surface area contributed by atoms with Crippen LogP contribution < -0.4 is 0 Å². The summed E-state index contributed by atoms with van der Waals surface area (Å²) < 4.78 is 41.3. The molecular weight excluding hydrogens is 297 g/mol. The van der Waals surface area contributed by atoms with Gasteiger partial charge in [-0.3, -0.25) is 9.59 Å². The van der Waals surface area contributed by atoms with Crippen molar-refractivity contribution in [1.82, 2.24) is 0 Å². The van der Waals surface area contributed by atoms with Gasteiger partial charge in [-0.05, 0) is 24.8 Å². The van der Waals surface area contributed by atoms with Gasteiger partial charge < -0.3 is 4.74 Å². The second kappa shape index (κ2) is 8.56. The second-order valence-electron chi connectivity index (χ2n) is 5.01. The minimum Gasteiger partial charge on any atom is -0.469 e. The molecule has 3 nitrogen and oxygen atoms in total. The topological polar surface area (TPSA) is 43.4 Å². The lowest BCUT2D eigenvalue weighted by atomic mass is 10.0.